The Morgan fingerprint density at radius 1 is 1.30 bits per heavy atom. The van der Waals surface area contributed by atoms with Gasteiger partial charge in [0.05, 0.1) is 6.61 Å². The zero-order valence-corrected chi connectivity index (χ0v) is 16.9. The largest absolute Gasteiger partial charge is 0.472 e. The van der Waals surface area contributed by atoms with E-state index in [1.807, 2.05) is 0 Å². The molecule has 0 saturated carbocycles. The lowest BCUT2D eigenvalue weighted by atomic mass is 9.87. The van der Waals surface area contributed by atoms with Crippen molar-refractivity contribution in [2.24, 2.45) is 11.1 Å². The number of nitrogens with one attached hydrogen (secondary N) is 2. The second kappa shape index (κ2) is 12.1. The van der Waals surface area contributed by atoms with Crippen LogP contribution in [-0.4, -0.2) is 65.9 Å². The first-order valence-corrected chi connectivity index (χ1v) is 10.0. The van der Waals surface area contributed by atoms with Crippen molar-refractivity contribution < 1.29 is 38.0 Å². The Hall–Kier alpha value is -1.39. The van der Waals surface area contributed by atoms with Gasteiger partial charge in [-0.05, 0) is 0 Å². The number of amides is 2. The van der Waals surface area contributed by atoms with Gasteiger partial charge in [-0.1, -0.05) is 13.8 Å². The van der Waals surface area contributed by atoms with Gasteiger partial charge in [0.1, 0.15) is 24.3 Å². The number of carbonyl (C=O) groups is 2. The monoisotopic (exact) mass is 427 g/mol. The van der Waals surface area contributed by atoms with Crippen LogP contribution in [0.5, 0.6) is 0 Å². The van der Waals surface area contributed by atoms with Gasteiger partial charge in [-0.3, -0.25) is 18.6 Å². The van der Waals surface area contributed by atoms with Crippen molar-refractivity contribution in [3.05, 3.63) is 5.70 Å². The van der Waals surface area contributed by atoms with Gasteiger partial charge in [0.2, 0.25) is 11.8 Å². The van der Waals surface area contributed by atoms with Gasteiger partial charge in [0, 0.05) is 30.7 Å². The average Bonchev–Trinajstić information content (AvgIpc) is 2.62. The molecule has 0 aromatic rings. The van der Waals surface area contributed by atoms with Crippen LogP contribution in [0.2, 0.25) is 0 Å². The second-order valence-corrected chi connectivity index (χ2v) is 8.05. The van der Waals surface area contributed by atoms with Gasteiger partial charge in [0.25, 0.3) is 0 Å². The summed E-state index contributed by atoms with van der Waals surface area (Å²) in [6.07, 6.45) is -1.56. The summed E-state index contributed by atoms with van der Waals surface area (Å²) in [6.45, 7) is 2.09. The first-order valence-electron chi connectivity index (χ1n) is 7.90. The lowest BCUT2D eigenvalue weighted by Crippen LogP contribution is -2.46. The predicted molar refractivity (Wildman–Crippen MR) is 99.4 cm³/mol. The molecule has 0 aromatic heterocycles. The Balaban J connectivity index is 4.46. The van der Waals surface area contributed by atoms with Crippen molar-refractivity contribution in [1.82, 2.24) is 10.6 Å². The molecule has 0 spiro atoms. The van der Waals surface area contributed by atoms with Gasteiger partial charge in [-0.25, -0.2) is 9.36 Å². The number of hydrogen-bond donors (Lipinski definition) is 6. The fourth-order valence-electron chi connectivity index (χ4n) is 1.58. The maximum Gasteiger partial charge on any atom is 0.472 e. The third-order valence-electron chi connectivity index (χ3n) is 3.19. The van der Waals surface area contributed by atoms with Crippen LogP contribution in [0, 0.1) is 5.41 Å². The molecule has 2 amide bonds. The first kappa shape index (κ1) is 25.6. The second-order valence-electron chi connectivity index (χ2n) is 6.15. The molecule has 1 unspecified atom stereocenters. The van der Waals surface area contributed by atoms with E-state index in [4.69, 9.17) is 10.3 Å². The Morgan fingerprint density at radius 3 is 2.48 bits per heavy atom. The molecule has 0 fully saturated rings. The highest BCUT2D eigenvalue weighted by Crippen LogP contribution is 2.45. The molecular formula is C14H26N3O8PS. The van der Waals surface area contributed by atoms with E-state index in [0.717, 1.165) is 0 Å². The molecule has 6 N–H and O–H groups in total. The van der Waals surface area contributed by atoms with Gasteiger partial charge < -0.3 is 26.4 Å². The number of thiol groups is 1. The average molecular weight is 427 g/mol. The number of nitrogens with two attached hydrogens (primary N) is 1. The van der Waals surface area contributed by atoms with Gasteiger partial charge >= 0.3 is 7.82 Å². The van der Waals surface area contributed by atoms with Crippen LogP contribution < -0.4 is 16.4 Å². The molecule has 0 saturated heterocycles. The van der Waals surface area contributed by atoms with Crippen molar-refractivity contribution in [2.75, 3.05) is 32.1 Å². The van der Waals surface area contributed by atoms with Crippen LogP contribution in [0.3, 0.4) is 0 Å². The van der Waals surface area contributed by atoms with E-state index in [-0.39, 0.29) is 18.9 Å². The Labute approximate surface area is 162 Å². The number of aliphatic hydroxyl groups is 1. The van der Waals surface area contributed by atoms with E-state index in [9.17, 15) is 28.9 Å². The summed E-state index contributed by atoms with van der Waals surface area (Å²) in [7, 11) is -4.55. The number of rotatable bonds is 13. The summed E-state index contributed by atoms with van der Waals surface area (Å²) in [6, 6.07) is 0. The van der Waals surface area contributed by atoms with E-state index < -0.39 is 44.2 Å². The highest BCUT2D eigenvalue weighted by Gasteiger charge is 2.36. The van der Waals surface area contributed by atoms with Gasteiger partial charge in [-0.2, -0.15) is 12.6 Å². The molecule has 0 aromatic carbocycles. The minimum absolute atomic E-state index is 0.00411. The molecular weight excluding hydrogens is 401 g/mol. The first-order chi connectivity index (χ1) is 12.4. The van der Waals surface area contributed by atoms with E-state index >= 15 is 0 Å². The molecule has 0 bridgehead atoms. The van der Waals surface area contributed by atoms with Crippen molar-refractivity contribution in [3.63, 3.8) is 0 Å². The summed E-state index contributed by atoms with van der Waals surface area (Å²) >= 11 is 3.95. The maximum absolute atomic E-state index is 12.0. The number of aliphatic hydroxyl groups excluding tert-OH is 1. The fourth-order valence-corrected chi connectivity index (χ4v) is 2.56. The van der Waals surface area contributed by atoms with E-state index in [1.165, 1.54) is 19.8 Å². The Morgan fingerprint density at radius 2 is 1.93 bits per heavy atom. The van der Waals surface area contributed by atoms with Crippen LogP contribution in [0.15, 0.2) is 5.70 Å². The van der Waals surface area contributed by atoms with Crippen LogP contribution in [-0.2, 0) is 28.0 Å². The number of carbonyl (C=O) groups excluding carboxylic acids is 3. The third-order valence-corrected chi connectivity index (χ3v) is 4.32. The van der Waals surface area contributed by atoms with Crippen LogP contribution in [0.25, 0.3) is 0 Å². The molecule has 0 aliphatic heterocycles. The van der Waals surface area contributed by atoms with E-state index in [0.29, 0.717) is 12.3 Å². The maximum atomic E-state index is 12.0. The highest BCUT2D eigenvalue weighted by molar-refractivity contribution is 7.80. The number of hydrogen-bond acceptors (Lipinski definition) is 9. The van der Waals surface area contributed by atoms with Crippen LogP contribution >= 0.6 is 20.5 Å². The summed E-state index contributed by atoms with van der Waals surface area (Å²) < 4.78 is 20.9. The smallest absolute Gasteiger partial charge is 0.391 e. The summed E-state index contributed by atoms with van der Waals surface area (Å²) in [5.41, 5.74) is 3.42. The lowest BCUT2D eigenvalue weighted by Gasteiger charge is -2.29. The van der Waals surface area contributed by atoms with Crippen molar-refractivity contribution >= 4 is 38.2 Å². The molecule has 0 radical (unpaired) electrons. The molecule has 11 nitrogen and oxygen atoms in total. The molecule has 2 atom stereocenters. The van der Waals surface area contributed by atoms with Gasteiger partial charge in [-0.15, -0.1) is 0 Å². The van der Waals surface area contributed by atoms with Crippen molar-refractivity contribution in [3.8, 4) is 0 Å². The fraction of sp³-hybridized carbons (Fsp3) is 0.714. The minimum Gasteiger partial charge on any atom is -0.391 e. The Kier molecular flexibility index (Phi) is 11.5. The number of phosphoric ester groups is 1. The molecule has 156 valence electrons. The van der Waals surface area contributed by atoms with Crippen molar-refractivity contribution in [1.29, 1.82) is 0 Å². The summed E-state index contributed by atoms with van der Waals surface area (Å²) in [5, 5.41) is 15.1. The molecule has 0 rings (SSSR count). The van der Waals surface area contributed by atoms with E-state index in [1.54, 1.807) is 0 Å². The summed E-state index contributed by atoms with van der Waals surface area (Å²) in [5.74, 6) is 0.730. The van der Waals surface area contributed by atoms with Crippen LogP contribution in [0.1, 0.15) is 20.3 Å². The lowest BCUT2D eigenvalue weighted by molar-refractivity contribution is -0.137. The zero-order valence-electron chi connectivity index (χ0n) is 15.1. The van der Waals surface area contributed by atoms with Gasteiger partial charge in [0.15, 0.2) is 0 Å². The Bertz CT molecular complexity index is 609. The topological polar surface area (TPSA) is 177 Å². The standard InChI is InChI=1S/C14H26N3O8PS/c1-14(2,9-25-26(22,23)24-8-10(15)7-18)12(20)13(21)17-4-3-11(19)16-5-6-27/h12,20,27H,3-6,8-9,15H2,1-2H3,(H,16,19)(H,17,21)(H,22,23)/t12-/m0/s1. The van der Waals surface area contributed by atoms with Crippen LogP contribution in [0.4, 0.5) is 0 Å². The minimum atomic E-state index is -4.55. The molecule has 13 heteroatoms. The number of phosphoric acid groups is 1. The zero-order chi connectivity index (χ0) is 21.1. The SMILES string of the molecule is CC(C)(COP(=O)(O)OCC(N)=C=O)[C@@H](O)C(=O)NCCC(=O)NCCS. The highest BCUT2D eigenvalue weighted by atomic mass is 32.1. The summed E-state index contributed by atoms with van der Waals surface area (Å²) in [4.78, 5) is 43.1. The molecule has 0 aliphatic carbocycles. The molecule has 27 heavy (non-hydrogen) atoms. The quantitative estimate of drug-likeness (QED) is 0.119. The predicted octanol–water partition coefficient (Wildman–Crippen LogP) is -1.27. The molecule has 0 heterocycles. The molecule has 0 aliphatic rings. The van der Waals surface area contributed by atoms with E-state index in [2.05, 4.69) is 27.8 Å². The normalized spacial score (nSPS) is 14.6. The third kappa shape index (κ3) is 11.1. The van der Waals surface area contributed by atoms with Crippen molar-refractivity contribution in [2.45, 2.75) is 26.4 Å².